The molecule has 4 aromatic rings. The van der Waals surface area contributed by atoms with Crippen molar-refractivity contribution in [3.8, 4) is 0 Å². The fourth-order valence-corrected chi connectivity index (χ4v) is 8.85. The molecule has 0 bridgehead atoms. The zero-order chi connectivity index (χ0) is 34.5. The summed E-state index contributed by atoms with van der Waals surface area (Å²) in [6, 6.07) is 34.9. The first-order valence-corrected chi connectivity index (χ1v) is 17.6. The predicted molar refractivity (Wildman–Crippen MR) is 190 cm³/mol. The molecule has 0 radical (unpaired) electrons. The van der Waals surface area contributed by atoms with Gasteiger partial charge in [0, 0.05) is 18.8 Å². The Morgan fingerprint density at radius 2 is 1.30 bits per heavy atom. The number of carbonyl (C=O) groups is 4. The molecule has 0 aliphatic carbocycles. The Bertz CT molecular complexity index is 1810. The normalized spacial score (nSPS) is 21.0. The maximum absolute atomic E-state index is 13.9. The zero-order valence-corrected chi connectivity index (χ0v) is 28.2. The standard InChI is InChI=1S/C39H38N4O6S/c44-34(31(29-17-9-3-10-18-29)41-38(47)49-26-28-15-7-2-8-16-28)40-32-35(45)43-33(37(46)48-25-27-13-5-1-6-14-27)39(50-36(32)43)21-23-42(24-22-39)30-19-11-4-12-20-30/h1-20,31-33,36H,21-26H2,(H,40,44)(H,41,47)/t31?,32?,33?,36-/m0/s1. The Kier molecular flexibility index (Phi) is 9.75. The van der Waals surface area contributed by atoms with Gasteiger partial charge in [-0.2, -0.15) is 0 Å². The number of β-lactam (4-membered cyclic amide) rings is 1. The number of nitrogens with zero attached hydrogens (tertiary/aromatic N) is 2. The minimum atomic E-state index is -1.11. The van der Waals surface area contributed by atoms with Crippen LogP contribution in [0.4, 0.5) is 10.5 Å². The number of benzene rings is 4. The van der Waals surface area contributed by atoms with E-state index in [0.29, 0.717) is 31.5 Å². The summed E-state index contributed by atoms with van der Waals surface area (Å²) in [7, 11) is 0. The second-order valence-corrected chi connectivity index (χ2v) is 14.2. The largest absolute Gasteiger partial charge is 0.459 e. The number of ether oxygens (including phenoxy) is 2. The molecule has 50 heavy (non-hydrogen) atoms. The molecular weight excluding hydrogens is 653 g/mol. The molecule has 0 aromatic heterocycles. The van der Waals surface area contributed by atoms with Gasteiger partial charge in [-0.05, 0) is 41.7 Å². The van der Waals surface area contributed by atoms with Crippen molar-refractivity contribution >= 4 is 41.3 Å². The molecule has 256 valence electrons. The third-order valence-corrected chi connectivity index (χ3v) is 11.4. The third-order valence-electron chi connectivity index (χ3n) is 9.56. The quantitative estimate of drug-likeness (QED) is 0.172. The van der Waals surface area contributed by atoms with E-state index in [4.69, 9.17) is 9.47 Å². The molecule has 1 spiro atoms. The number of fused-ring (bicyclic) bond motifs is 1. The Labute approximate surface area is 295 Å². The molecule has 2 N–H and O–H groups in total. The topological polar surface area (TPSA) is 117 Å². The van der Waals surface area contributed by atoms with Crippen LogP contribution in [-0.2, 0) is 37.1 Å². The third kappa shape index (κ3) is 6.91. The summed E-state index contributed by atoms with van der Waals surface area (Å²) in [5.41, 5.74) is 3.32. The first-order valence-electron chi connectivity index (χ1n) is 16.7. The number of hydrogen-bond acceptors (Lipinski definition) is 8. The molecule has 10 nitrogen and oxygen atoms in total. The number of rotatable bonds is 10. The number of carbonyl (C=O) groups excluding carboxylic acids is 4. The van der Waals surface area contributed by atoms with Gasteiger partial charge in [-0.3, -0.25) is 9.59 Å². The molecule has 3 fully saturated rings. The first kappa shape index (κ1) is 33.2. The minimum absolute atomic E-state index is 0.0378. The van der Waals surface area contributed by atoms with Gasteiger partial charge < -0.3 is 29.9 Å². The van der Waals surface area contributed by atoms with E-state index in [1.165, 1.54) is 0 Å². The van der Waals surface area contributed by atoms with Gasteiger partial charge in [0.05, 0.1) is 4.75 Å². The van der Waals surface area contributed by atoms with Crippen molar-refractivity contribution in [1.29, 1.82) is 0 Å². The van der Waals surface area contributed by atoms with Crippen LogP contribution in [0.5, 0.6) is 0 Å². The molecule has 11 heteroatoms. The fourth-order valence-electron chi connectivity index (χ4n) is 6.95. The van der Waals surface area contributed by atoms with E-state index < -0.39 is 46.2 Å². The number of anilines is 1. The number of piperidine rings is 1. The van der Waals surface area contributed by atoms with E-state index in [9.17, 15) is 19.2 Å². The van der Waals surface area contributed by atoms with Gasteiger partial charge in [-0.1, -0.05) is 109 Å². The molecule has 3 unspecified atom stereocenters. The van der Waals surface area contributed by atoms with Gasteiger partial charge in [-0.25, -0.2) is 9.59 Å². The van der Waals surface area contributed by atoms with Crippen molar-refractivity contribution in [2.45, 2.75) is 54.3 Å². The SMILES string of the molecule is O=C(NC(C(=O)NC1C(=O)N2C(C(=O)OCc3ccccc3)C3(CCN(c4ccccc4)CC3)S[C@@H]12)c1ccccc1)OCc1ccccc1. The van der Waals surface area contributed by atoms with Gasteiger partial charge in [0.1, 0.15) is 36.7 Å². The van der Waals surface area contributed by atoms with Crippen LogP contribution >= 0.6 is 11.8 Å². The van der Waals surface area contributed by atoms with Gasteiger partial charge in [0.2, 0.25) is 11.8 Å². The second kappa shape index (κ2) is 14.7. The second-order valence-electron chi connectivity index (χ2n) is 12.7. The molecule has 7 rings (SSSR count). The van der Waals surface area contributed by atoms with Gasteiger partial charge in [0.15, 0.2) is 0 Å². The van der Waals surface area contributed by atoms with Crippen molar-refractivity contribution in [3.63, 3.8) is 0 Å². The number of para-hydroxylation sites is 1. The molecule has 4 atom stereocenters. The van der Waals surface area contributed by atoms with Crippen LogP contribution in [0.15, 0.2) is 121 Å². The van der Waals surface area contributed by atoms with Crippen molar-refractivity contribution in [2.24, 2.45) is 0 Å². The van der Waals surface area contributed by atoms with Crippen LogP contribution in [0.25, 0.3) is 0 Å². The summed E-state index contributed by atoms with van der Waals surface area (Å²) in [6.07, 6.45) is 0.542. The highest BCUT2D eigenvalue weighted by Crippen LogP contribution is 2.56. The van der Waals surface area contributed by atoms with Crippen LogP contribution in [-0.4, -0.2) is 64.1 Å². The fraction of sp³-hybridized carbons (Fsp3) is 0.282. The van der Waals surface area contributed by atoms with E-state index in [0.717, 1.165) is 16.8 Å². The zero-order valence-electron chi connectivity index (χ0n) is 27.4. The van der Waals surface area contributed by atoms with E-state index in [-0.39, 0.29) is 19.1 Å². The lowest BCUT2D eigenvalue weighted by Crippen LogP contribution is -2.71. The lowest BCUT2D eigenvalue weighted by atomic mass is 9.85. The van der Waals surface area contributed by atoms with E-state index in [1.807, 2.05) is 84.9 Å². The van der Waals surface area contributed by atoms with E-state index in [2.05, 4.69) is 27.7 Å². The number of hydrogen-bond donors (Lipinski definition) is 2. The summed E-state index contributed by atoms with van der Waals surface area (Å²) in [5, 5.41) is 5.12. The molecule has 3 heterocycles. The number of alkyl carbamates (subject to hydrolysis) is 1. The Morgan fingerprint density at radius 3 is 1.90 bits per heavy atom. The van der Waals surface area contributed by atoms with Crippen LogP contribution in [0.1, 0.15) is 35.6 Å². The number of nitrogens with one attached hydrogen (secondary N) is 2. The average Bonchev–Trinajstić information content (AvgIpc) is 3.46. The van der Waals surface area contributed by atoms with E-state index in [1.54, 1.807) is 40.9 Å². The molecule has 3 aliphatic rings. The van der Waals surface area contributed by atoms with Crippen molar-refractivity contribution in [3.05, 3.63) is 138 Å². The predicted octanol–water partition coefficient (Wildman–Crippen LogP) is 5.21. The van der Waals surface area contributed by atoms with Crippen LogP contribution in [0.2, 0.25) is 0 Å². The summed E-state index contributed by atoms with van der Waals surface area (Å²) in [6.45, 7) is 1.55. The van der Waals surface area contributed by atoms with Crippen LogP contribution in [0, 0.1) is 0 Å². The van der Waals surface area contributed by atoms with Crippen molar-refractivity contribution < 1.29 is 28.7 Å². The molecular formula is C39H38N4O6S. The van der Waals surface area contributed by atoms with Gasteiger partial charge in [-0.15, -0.1) is 11.8 Å². The minimum Gasteiger partial charge on any atom is -0.459 e. The van der Waals surface area contributed by atoms with Crippen molar-refractivity contribution in [2.75, 3.05) is 18.0 Å². The lowest BCUT2D eigenvalue weighted by Gasteiger charge is -2.45. The van der Waals surface area contributed by atoms with E-state index >= 15 is 0 Å². The van der Waals surface area contributed by atoms with Crippen LogP contribution in [0.3, 0.4) is 0 Å². The summed E-state index contributed by atoms with van der Waals surface area (Å²) in [4.78, 5) is 58.4. The Morgan fingerprint density at radius 1 is 0.760 bits per heavy atom. The maximum atomic E-state index is 13.9. The number of amides is 3. The maximum Gasteiger partial charge on any atom is 0.408 e. The van der Waals surface area contributed by atoms with Crippen molar-refractivity contribution in [1.82, 2.24) is 15.5 Å². The van der Waals surface area contributed by atoms with Crippen LogP contribution < -0.4 is 15.5 Å². The first-order chi connectivity index (χ1) is 24.4. The van der Waals surface area contributed by atoms with Gasteiger partial charge in [0.25, 0.3) is 0 Å². The molecule has 3 saturated heterocycles. The van der Waals surface area contributed by atoms with Gasteiger partial charge >= 0.3 is 12.1 Å². The summed E-state index contributed by atoms with van der Waals surface area (Å²) >= 11 is 1.57. The highest BCUT2D eigenvalue weighted by molar-refractivity contribution is 8.01. The number of esters is 1. The summed E-state index contributed by atoms with van der Waals surface area (Å²) < 4.78 is 10.7. The molecule has 0 saturated carbocycles. The Hall–Kier alpha value is -5.29. The smallest absolute Gasteiger partial charge is 0.408 e. The lowest BCUT2D eigenvalue weighted by molar-refractivity contribution is -0.166. The highest BCUT2D eigenvalue weighted by atomic mass is 32.2. The molecule has 3 amide bonds. The highest BCUT2D eigenvalue weighted by Gasteiger charge is 2.67. The number of thioether (sulfide) groups is 1. The average molecular weight is 691 g/mol. The Balaban J connectivity index is 1.07. The molecule has 3 aliphatic heterocycles. The monoisotopic (exact) mass is 690 g/mol. The summed E-state index contributed by atoms with van der Waals surface area (Å²) in [5.74, 6) is -1.34. The molecule has 4 aromatic carbocycles.